The molecule has 0 unspecified atom stereocenters. The Morgan fingerprint density at radius 1 is 1.00 bits per heavy atom. The Morgan fingerprint density at radius 2 is 1.68 bits per heavy atom. The van der Waals surface area contributed by atoms with E-state index in [9.17, 15) is 18.0 Å². The van der Waals surface area contributed by atoms with E-state index in [1.54, 1.807) is 0 Å². The Balaban J connectivity index is 2.49. The molecule has 2 rings (SSSR count). The van der Waals surface area contributed by atoms with Crippen LogP contribution >= 0.6 is 0 Å². The van der Waals surface area contributed by atoms with Crippen LogP contribution in [0.2, 0.25) is 0 Å². The van der Waals surface area contributed by atoms with E-state index in [0.717, 1.165) is 12.1 Å². The zero-order valence-electron chi connectivity index (χ0n) is 10.0. The Hall–Kier alpha value is -2.30. The number of anilines is 1. The van der Waals surface area contributed by atoms with Crippen molar-refractivity contribution in [3.05, 3.63) is 64.5 Å². The molecule has 0 saturated carbocycles. The lowest BCUT2D eigenvalue weighted by atomic mass is 10.0. The minimum absolute atomic E-state index is 0.0448. The molecule has 0 spiro atoms. The summed E-state index contributed by atoms with van der Waals surface area (Å²) in [7, 11) is 0. The van der Waals surface area contributed by atoms with Gasteiger partial charge in [0, 0.05) is 11.6 Å². The first kappa shape index (κ1) is 13.1. The normalized spacial score (nSPS) is 10.5. The first-order chi connectivity index (χ1) is 8.90. The van der Waals surface area contributed by atoms with Gasteiger partial charge in [-0.3, -0.25) is 4.79 Å². The first-order valence-corrected chi connectivity index (χ1v) is 5.45. The van der Waals surface area contributed by atoms with E-state index in [1.165, 1.54) is 19.1 Å². The lowest BCUT2D eigenvalue weighted by Gasteiger charge is -2.06. The predicted octanol–water partition coefficient (Wildman–Crippen LogP) is 3.23. The molecular weight excluding hydrogens is 255 g/mol. The third kappa shape index (κ3) is 2.45. The molecular formula is C14H10F3NO. The summed E-state index contributed by atoms with van der Waals surface area (Å²) in [5, 5.41) is 0. The SMILES string of the molecule is Cc1cc(C(=O)c2ccc(N)c(F)c2)c(F)cc1F. The molecule has 0 atom stereocenters. The highest BCUT2D eigenvalue weighted by Gasteiger charge is 2.17. The van der Waals surface area contributed by atoms with Gasteiger partial charge in [-0.15, -0.1) is 0 Å². The molecule has 0 saturated heterocycles. The van der Waals surface area contributed by atoms with Crippen LogP contribution < -0.4 is 5.73 Å². The second kappa shape index (κ2) is 4.76. The number of rotatable bonds is 2. The molecule has 0 fully saturated rings. The predicted molar refractivity (Wildman–Crippen MR) is 65.3 cm³/mol. The molecule has 2 nitrogen and oxygen atoms in total. The van der Waals surface area contributed by atoms with Gasteiger partial charge in [-0.05, 0) is 36.8 Å². The summed E-state index contributed by atoms with van der Waals surface area (Å²) in [6.07, 6.45) is 0. The van der Waals surface area contributed by atoms with Crippen molar-refractivity contribution in [1.82, 2.24) is 0 Å². The number of carbonyl (C=O) groups is 1. The van der Waals surface area contributed by atoms with Crippen LogP contribution in [0.1, 0.15) is 21.5 Å². The van der Waals surface area contributed by atoms with Crippen LogP contribution in [-0.4, -0.2) is 5.78 Å². The lowest BCUT2D eigenvalue weighted by molar-refractivity contribution is 0.103. The van der Waals surface area contributed by atoms with Gasteiger partial charge in [0.25, 0.3) is 0 Å². The molecule has 19 heavy (non-hydrogen) atoms. The number of aryl methyl sites for hydroxylation is 1. The van der Waals surface area contributed by atoms with Crippen molar-refractivity contribution in [1.29, 1.82) is 0 Å². The second-order valence-corrected chi connectivity index (χ2v) is 4.15. The van der Waals surface area contributed by atoms with Crippen molar-refractivity contribution in [2.24, 2.45) is 0 Å². The van der Waals surface area contributed by atoms with Crippen molar-refractivity contribution < 1.29 is 18.0 Å². The maximum Gasteiger partial charge on any atom is 0.196 e. The summed E-state index contributed by atoms with van der Waals surface area (Å²) in [5.41, 5.74) is 4.98. The van der Waals surface area contributed by atoms with Gasteiger partial charge < -0.3 is 5.73 Å². The van der Waals surface area contributed by atoms with Crippen molar-refractivity contribution in [3.63, 3.8) is 0 Å². The minimum Gasteiger partial charge on any atom is -0.396 e. The molecule has 98 valence electrons. The number of hydrogen-bond acceptors (Lipinski definition) is 2. The van der Waals surface area contributed by atoms with E-state index in [2.05, 4.69) is 0 Å². The highest BCUT2D eigenvalue weighted by atomic mass is 19.1. The van der Waals surface area contributed by atoms with Crippen LogP contribution in [0.15, 0.2) is 30.3 Å². The van der Waals surface area contributed by atoms with Crippen LogP contribution in [-0.2, 0) is 0 Å². The summed E-state index contributed by atoms with van der Waals surface area (Å²) in [5.74, 6) is -3.20. The van der Waals surface area contributed by atoms with Gasteiger partial charge in [-0.1, -0.05) is 0 Å². The largest absolute Gasteiger partial charge is 0.396 e. The Kier molecular flexibility index (Phi) is 3.29. The van der Waals surface area contributed by atoms with Crippen LogP contribution in [0, 0.1) is 24.4 Å². The van der Waals surface area contributed by atoms with E-state index < -0.39 is 23.2 Å². The molecule has 0 bridgehead atoms. The van der Waals surface area contributed by atoms with Crippen LogP contribution in [0.4, 0.5) is 18.9 Å². The van der Waals surface area contributed by atoms with Gasteiger partial charge in [0.15, 0.2) is 5.78 Å². The maximum absolute atomic E-state index is 13.6. The van der Waals surface area contributed by atoms with Crippen molar-refractivity contribution in [2.75, 3.05) is 5.73 Å². The zero-order chi connectivity index (χ0) is 14.2. The van der Waals surface area contributed by atoms with E-state index in [1.807, 2.05) is 0 Å². The van der Waals surface area contributed by atoms with Gasteiger partial charge in [0.1, 0.15) is 17.5 Å². The van der Waals surface area contributed by atoms with E-state index in [4.69, 9.17) is 5.73 Å². The average Bonchev–Trinajstić information content (AvgIpc) is 2.36. The summed E-state index contributed by atoms with van der Waals surface area (Å²) in [4.78, 5) is 12.0. The maximum atomic E-state index is 13.6. The van der Waals surface area contributed by atoms with Crippen LogP contribution in [0.5, 0.6) is 0 Å². The van der Waals surface area contributed by atoms with Gasteiger partial charge in [-0.25, -0.2) is 13.2 Å². The number of ketones is 1. The fraction of sp³-hybridized carbons (Fsp3) is 0.0714. The summed E-state index contributed by atoms with van der Waals surface area (Å²) >= 11 is 0. The summed E-state index contributed by atoms with van der Waals surface area (Å²) in [6.45, 7) is 1.41. The number of nitrogens with two attached hydrogens (primary N) is 1. The zero-order valence-corrected chi connectivity index (χ0v) is 10.0. The fourth-order valence-corrected chi connectivity index (χ4v) is 1.66. The number of carbonyl (C=O) groups excluding carboxylic acids is 1. The van der Waals surface area contributed by atoms with Gasteiger partial charge >= 0.3 is 0 Å². The smallest absolute Gasteiger partial charge is 0.196 e. The summed E-state index contributed by atoms with van der Waals surface area (Å²) < 4.78 is 39.9. The first-order valence-electron chi connectivity index (χ1n) is 5.45. The third-order valence-corrected chi connectivity index (χ3v) is 2.76. The Morgan fingerprint density at radius 3 is 2.32 bits per heavy atom. The highest BCUT2D eigenvalue weighted by molar-refractivity contribution is 6.09. The number of halogens is 3. The molecule has 0 aliphatic heterocycles. The second-order valence-electron chi connectivity index (χ2n) is 4.15. The standard InChI is InChI=1S/C14H10F3NO/c1-7-4-9(11(16)6-10(7)15)14(19)8-2-3-13(18)12(17)5-8/h2-6H,18H2,1H3. The molecule has 5 heteroatoms. The molecule has 0 aromatic heterocycles. The monoisotopic (exact) mass is 265 g/mol. The minimum atomic E-state index is -0.981. The highest BCUT2D eigenvalue weighted by Crippen LogP contribution is 2.20. The number of hydrogen-bond donors (Lipinski definition) is 1. The molecule has 0 heterocycles. The number of benzene rings is 2. The average molecular weight is 265 g/mol. The van der Waals surface area contributed by atoms with Gasteiger partial charge in [0.2, 0.25) is 0 Å². The quantitative estimate of drug-likeness (QED) is 0.669. The third-order valence-electron chi connectivity index (χ3n) is 2.76. The van der Waals surface area contributed by atoms with Crippen molar-refractivity contribution >= 4 is 11.5 Å². The Bertz CT molecular complexity index is 668. The molecule has 2 N–H and O–H groups in total. The molecule has 0 aliphatic carbocycles. The lowest BCUT2D eigenvalue weighted by Crippen LogP contribution is -2.07. The number of nitrogen functional groups attached to an aromatic ring is 1. The van der Waals surface area contributed by atoms with Gasteiger partial charge in [0.05, 0.1) is 11.3 Å². The van der Waals surface area contributed by atoms with Crippen LogP contribution in [0.25, 0.3) is 0 Å². The van der Waals surface area contributed by atoms with Gasteiger partial charge in [-0.2, -0.15) is 0 Å². The molecule has 2 aromatic carbocycles. The fourth-order valence-electron chi connectivity index (χ4n) is 1.66. The Labute approximate surface area is 107 Å². The van der Waals surface area contributed by atoms with E-state index in [-0.39, 0.29) is 22.4 Å². The van der Waals surface area contributed by atoms with E-state index >= 15 is 0 Å². The molecule has 2 aromatic rings. The summed E-state index contributed by atoms with van der Waals surface area (Å²) in [6, 6.07) is 5.17. The van der Waals surface area contributed by atoms with Crippen molar-refractivity contribution in [3.8, 4) is 0 Å². The van der Waals surface area contributed by atoms with E-state index in [0.29, 0.717) is 6.07 Å². The molecule has 0 amide bonds. The molecule has 0 aliphatic rings. The topological polar surface area (TPSA) is 43.1 Å². The molecule has 0 radical (unpaired) electrons. The van der Waals surface area contributed by atoms with Crippen molar-refractivity contribution in [2.45, 2.75) is 6.92 Å². The van der Waals surface area contributed by atoms with Crippen LogP contribution in [0.3, 0.4) is 0 Å².